The van der Waals surface area contributed by atoms with Gasteiger partial charge < -0.3 is 47.4 Å². The van der Waals surface area contributed by atoms with Gasteiger partial charge in [0.25, 0.3) is 0 Å². The summed E-state index contributed by atoms with van der Waals surface area (Å²) >= 11 is 0. The average Bonchev–Trinajstić information content (AvgIpc) is 3.01. The quantitative estimate of drug-likeness (QED) is 0.101. The molecule has 0 saturated carbocycles. The van der Waals surface area contributed by atoms with Gasteiger partial charge in [-0.1, -0.05) is 39.0 Å². The number of rotatable bonds is 25. The predicted molar refractivity (Wildman–Crippen MR) is 161 cm³/mol. The summed E-state index contributed by atoms with van der Waals surface area (Å²) in [6.07, 6.45) is 6.90. The van der Waals surface area contributed by atoms with Crippen molar-refractivity contribution < 1.29 is 47.4 Å². The number of ether oxygens (including phenoxy) is 10. The second-order valence-corrected chi connectivity index (χ2v) is 7.54. The van der Waals surface area contributed by atoms with E-state index in [4.69, 9.17) is 47.4 Å². The highest BCUT2D eigenvalue weighted by molar-refractivity contribution is 5.42. The topological polar surface area (TPSA) is 92.3 Å². The molecule has 2 rings (SSSR count). The van der Waals surface area contributed by atoms with Crippen LogP contribution in [0, 0.1) is 0 Å². The Labute approximate surface area is 248 Å². The van der Waals surface area contributed by atoms with Crippen molar-refractivity contribution in [3.05, 3.63) is 107 Å². The third kappa shape index (κ3) is 18.4. The molecule has 0 N–H and O–H groups in total. The van der Waals surface area contributed by atoms with E-state index in [2.05, 4.69) is 32.9 Å². The molecule has 0 radical (unpaired) electrons. The molecule has 0 heterocycles. The first kappa shape index (κ1) is 35.2. The van der Waals surface area contributed by atoms with Crippen LogP contribution in [0.1, 0.15) is 0 Å². The number of benzene rings is 2. The van der Waals surface area contributed by atoms with Gasteiger partial charge in [-0.05, 0) is 12.1 Å². The van der Waals surface area contributed by atoms with E-state index in [1.54, 1.807) is 18.2 Å². The Morgan fingerprint density at radius 2 is 0.595 bits per heavy atom. The van der Waals surface area contributed by atoms with E-state index in [0.717, 1.165) is 11.5 Å². The largest absolute Gasteiger partial charge is 0.498 e. The standard InChI is InChI=1S/C18H24O6.C14H18O4/c1-4-19-7-10-22-16-13-17(23-11-8-20-5-2)15-18(14-16)24-12-9-21-6-3;1-3-15-8-10-17-13-6-5-7-14(12-13)18-11-9-16-4-2/h4-6,13-15H,1-3,7-12H2;3-7,12H,1-2,8-11H2. The zero-order valence-corrected chi connectivity index (χ0v) is 24.1. The van der Waals surface area contributed by atoms with Crippen LogP contribution in [-0.4, -0.2) is 66.1 Å². The first-order chi connectivity index (χ1) is 20.7. The van der Waals surface area contributed by atoms with Crippen LogP contribution in [0.3, 0.4) is 0 Å². The minimum atomic E-state index is 0.383. The molecule has 0 aliphatic rings. The van der Waals surface area contributed by atoms with Crippen molar-refractivity contribution in [1.82, 2.24) is 0 Å². The molecule has 0 atom stereocenters. The van der Waals surface area contributed by atoms with Crippen molar-refractivity contribution in [2.24, 2.45) is 0 Å². The maximum absolute atomic E-state index is 5.62. The molecule has 0 amide bonds. The summed E-state index contributed by atoms with van der Waals surface area (Å²) in [6.45, 7) is 21.6. The zero-order valence-electron chi connectivity index (χ0n) is 24.1. The maximum Gasteiger partial charge on any atom is 0.126 e. The lowest BCUT2D eigenvalue weighted by Gasteiger charge is -2.13. The van der Waals surface area contributed by atoms with E-state index >= 15 is 0 Å². The van der Waals surface area contributed by atoms with Gasteiger partial charge >= 0.3 is 0 Å². The Morgan fingerprint density at radius 1 is 0.357 bits per heavy atom. The summed E-state index contributed by atoms with van der Waals surface area (Å²) in [7, 11) is 0. The van der Waals surface area contributed by atoms with Crippen LogP contribution in [0.25, 0.3) is 0 Å². The van der Waals surface area contributed by atoms with E-state index in [0.29, 0.717) is 83.3 Å². The highest BCUT2D eigenvalue weighted by Gasteiger charge is 2.05. The minimum absolute atomic E-state index is 0.383. The molecule has 0 spiro atoms. The molecular formula is C32H42O10. The summed E-state index contributed by atoms with van der Waals surface area (Å²) in [6, 6.07) is 12.7. The Kier molecular flexibility index (Phi) is 21.0. The SMILES string of the molecule is C=COCCOc1cc(OCCOC=C)cc(OCCOC=C)c1.C=COCCOc1cccc(OCCOC=C)c1. The fraction of sp³-hybridized carbons (Fsp3) is 0.312. The fourth-order valence-electron chi connectivity index (χ4n) is 2.90. The summed E-state index contributed by atoms with van der Waals surface area (Å²) in [4.78, 5) is 0. The molecule has 0 bridgehead atoms. The fourth-order valence-corrected chi connectivity index (χ4v) is 2.90. The second-order valence-electron chi connectivity index (χ2n) is 7.54. The lowest BCUT2D eigenvalue weighted by Crippen LogP contribution is -2.08. The minimum Gasteiger partial charge on any atom is -0.498 e. The van der Waals surface area contributed by atoms with E-state index < -0.39 is 0 Å². The van der Waals surface area contributed by atoms with E-state index in [1.165, 1.54) is 31.3 Å². The van der Waals surface area contributed by atoms with Crippen molar-refractivity contribution in [3.63, 3.8) is 0 Å². The third-order valence-corrected chi connectivity index (χ3v) is 4.60. The van der Waals surface area contributed by atoms with Gasteiger partial charge in [-0.3, -0.25) is 0 Å². The van der Waals surface area contributed by atoms with Crippen molar-refractivity contribution >= 4 is 0 Å². The summed E-state index contributed by atoms with van der Waals surface area (Å²) < 4.78 is 52.8. The molecule has 0 unspecified atom stereocenters. The Balaban J connectivity index is 0.000000437. The molecule has 42 heavy (non-hydrogen) atoms. The molecule has 10 nitrogen and oxygen atoms in total. The summed E-state index contributed by atoms with van der Waals surface area (Å²) in [5.74, 6) is 3.33. The molecule has 230 valence electrons. The van der Waals surface area contributed by atoms with E-state index in [9.17, 15) is 0 Å². The summed E-state index contributed by atoms with van der Waals surface area (Å²) in [5, 5.41) is 0. The summed E-state index contributed by atoms with van der Waals surface area (Å²) in [5.41, 5.74) is 0. The van der Waals surface area contributed by atoms with Gasteiger partial charge in [-0.25, -0.2) is 0 Å². The van der Waals surface area contributed by atoms with Crippen LogP contribution in [0.4, 0.5) is 0 Å². The molecule has 2 aromatic carbocycles. The van der Waals surface area contributed by atoms with Crippen molar-refractivity contribution in [3.8, 4) is 28.7 Å². The highest BCUT2D eigenvalue weighted by Crippen LogP contribution is 2.28. The molecule has 0 fully saturated rings. The van der Waals surface area contributed by atoms with Crippen LogP contribution in [0.5, 0.6) is 28.7 Å². The highest BCUT2D eigenvalue weighted by atomic mass is 16.5. The third-order valence-electron chi connectivity index (χ3n) is 4.60. The number of hydrogen-bond donors (Lipinski definition) is 0. The molecule has 0 aliphatic heterocycles. The van der Waals surface area contributed by atoms with Gasteiger partial charge in [0.15, 0.2) is 0 Å². The van der Waals surface area contributed by atoms with Crippen LogP contribution in [-0.2, 0) is 23.7 Å². The molecule has 2 aromatic rings. The van der Waals surface area contributed by atoms with Gasteiger partial charge in [-0.2, -0.15) is 0 Å². The molecule has 10 heteroatoms. The molecule has 0 aliphatic carbocycles. The van der Waals surface area contributed by atoms with Gasteiger partial charge in [0, 0.05) is 24.3 Å². The van der Waals surface area contributed by atoms with Gasteiger partial charge in [0.1, 0.15) is 94.8 Å². The second kappa shape index (κ2) is 25.1. The lowest BCUT2D eigenvalue weighted by atomic mass is 10.3. The van der Waals surface area contributed by atoms with Gasteiger partial charge in [0.05, 0.1) is 31.3 Å². The smallest absolute Gasteiger partial charge is 0.126 e. The van der Waals surface area contributed by atoms with Crippen molar-refractivity contribution in [1.29, 1.82) is 0 Å². The Bertz CT molecular complexity index is 909. The van der Waals surface area contributed by atoms with Gasteiger partial charge in [0.2, 0.25) is 0 Å². The normalized spacial score (nSPS) is 9.43. The van der Waals surface area contributed by atoms with Crippen LogP contribution >= 0.6 is 0 Å². The van der Waals surface area contributed by atoms with Crippen LogP contribution < -0.4 is 23.7 Å². The molecule has 0 aromatic heterocycles. The van der Waals surface area contributed by atoms with Crippen LogP contribution in [0.2, 0.25) is 0 Å². The van der Waals surface area contributed by atoms with Crippen molar-refractivity contribution in [2.45, 2.75) is 0 Å². The lowest BCUT2D eigenvalue weighted by molar-refractivity contribution is 0.169. The Hall–Kier alpha value is -4.86. The van der Waals surface area contributed by atoms with Gasteiger partial charge in [-0.15, -0.1) is 0 Å². The van der Waals surface area contributed by atoms with Crippen LogP contribution in [0.15, 0.2) is 107 Å². The zero-order chi connectivity index (χ0) is 30.5. The van der Waals surface area contributed by atoms with E-state index in [-0.39, 0.29) is 0 Å². The predicted octanol–water partition coefficient (Wildman–Crippen LogP) is 6.07. The monoisotopic (exact) mass is 586 g/mol. The number of hydrogen-bond acceptors (Lipinski definition) is 10. The maximum atomic E-state index is 5.62. The molecular weight excluding hydrogens is 544 g/mol. The Morgan fingerprint density at radius 3 is 0.857 bits per heavy atom. The van der Waals surface area contributed by atoms with E-state index in [1.807, 2.05) is 24.3 Å². The molecule has 0 saturated heterocycles. The van der Waals surface area contributed by atoms with Crippen molar-refractivity contribution in [2.75, 3.05) is 66.1 Å². The first-order valence-corrected chi connectivity index (χ1v) is 13.2. The average molecular weight is 587 g/mol. The first-order valence-electron chi connectivity index (χ1n) is 13.2.